The van der Waals surface area contributed by atoms with Gasteiger partial charge in [0.2, 0.25) is 0 Å². The molecule has 14 heavy (non-hydrogen) atoms. The molecule has 0 bridgehead atoms. The van der Waals surface area contributed by atoms with Crippen molar-refractivity contribution in [3.63, 3.8) is 0 Å². The molecule has 4 heteroatoms. The molecule has 1 atom stereocenters. The molecule has 0 radical (unpaired) electrons. The molecule has 0 aliphatic carbocycles. The SMILES string of the molecule is CC(C)(C)OCCOCCC(N)C#N. The third kappa shape index (κ3) is 9.46. The van der Waals surface area contributed by atoms with Gasteiger partial charge >= 0.3 is 0 Å². The fraction of sp³-hybridized carbons (Fsp3) is 0.900. The Labute approximate surface area is 86.0 Å². The van der Waals surface area contributed by atoms with Crippen LogP contribution in [0.3, 0.4) is 0 Å². The van der Waals surface area contributed by atoms with Gasteiger partial charge in [0.15, 0.2) is 0 Å². The zero-order valence-electron chi connectivity index (χ0n) is 9.25. The number of nitriles is 1. The van der Waals surface area contributed by atoms with Crippen molar-refractivity contribution in [2.45, 2.75) is 38.8 Å². The lowest BCUT2D eigenvalue weighted by atomic mass is 10.2. The molecule has 0 aliphatic rings. The molecule has 0 saturated carbocycles. The van der Waals surface area contributed by atoms with E-state index in [1.165, 1.54) is 0 Å². The summed E-state index contributed by atoms with van der Waals surface area (Å²) >= 11 is 0. The van der Waals surface area contributed by atoms with Crippen molar-refractivity contribution in [2.75, 3.05) is 19.8 Å². The first-order chi connectivity index (χ1) is 6.45. The molecule has 0 aromatic rings. The molecule has 0 aromatic carbocycles. The van der Waals surface area contributed by atoms with E-state index in [2.05, 4.69) is 0 Å². The van der Waals surface area contributed by atoms with Gasteiger partial charge in [0.05, 0.1) is 30.9 Å². The molecule has 0 fully saturated rings. The van der Waals surface area contributed by atoms with Gasteiger partial charge in [-0.15, -0.1) is 0 Å². The molecule has 0 heterocycles. The molecule has 0 spiro atoms. The van der Waals surface area contributed by atoms with Crippen LogP contribution in [0.2, 0.25) is 0 Å². The molecule has 0 amide bonds. The Morgan fingerprint density at radius 1 is 1.29 bits per heavy atom. The maximum atomic E-state index is 8.39. The summed E-state index contributed by atoms with van der Waals surface area (Å²) in [6.45, 7) is 7.64. The molecule has 2 N–H and O–H groups in total. The Balaban J connectivity index is 3.20. The van der Waals surface area contributed by atoms with Crippen LogP contribution < -0.4 is 5.73 Å². The van der Waals surface area contributed by atoms with E-state index >= 15 is 0 Å². The van der Waals surface area contributed by atoms with E-state index in [4.69, 9.17) is 20.5 Å². The van der Waals surface area contributed by atoms with Gasteiger partial charge in [0.25, 0.3) is 0 Å². The summed E-state index contributed by atoms with van der Waals surface area (Å²) in [6.07, 6.45) is 0.575. The van der Waals surface area contributed by atoms with Crippen LogP contribution in [0.5, 0.6) is 0 Å². The first-order valence-corrected chi connectivity index (χ1v) is 4.82. The van der Waals surface area contributed by atoms with Crippen LogP contribution in [0.4, 0.5) is 0 Å². The van der Waals surface area contributed by atoms with E-state index in [1.807, 2.05) is 26.8 Å². The molecular weight excluding hydrogens is 180 g/mol. The van der Waals surface area contributed by atoms with Crippen LogP contribution in [-0.2, 0) is 9.47 Å². The van der Waals surface area contributed by atoms with E-state index in [0.29, 0.717) is 26.2 Å². The number of nitrogens with two attached hydrogens (primary N) is 1. The first-order valence-electron chi connectivity index (χ1n) is 4.82. The lowest BCUT2D eigenvalue weighted by molar-refractivity contribution is -0.0351. The molecule has 0 aromatic heterocycles. The predicted octanol–water partition coefficient (Wildman–Crippen LogP) is 1.06. The van der Waals surface area contributed by atoms with E-state index < -0.39 is 6.04 Å². The van der Waals surface area contributed by atoms with Gasteiger partial charge in [-0.1, -0.05) is 0 Å². The Bertz CT molecular complexity index is 182. The zero-order chi connectivity index (χ0) is 11.0. The predicted molar refractivity (Wildman–Crippen MR) is 54.7 cm³/mol. The van der Waals surface area contributed by atoms with E-state index in [9.17, 15) is 0 Å². The second kappa shape index (κ2) is 6.77. The number of hydrogen-bond donors (Lipinski definition) is 1. The number of nitrogens with zero attached hydrogens (tertiary/aromatic N) is 1. The topological polar surface area (TPSA) is 68.3 Å². The minimum absolute atomic E-state index is 0.119. The largest absolute Gasteiger partial charge is 0.379 e. The molecule has 0 aliphatic heterocycles. The third-order valence-corrected chi connectivity index (χ3v) is 1.50. The minimum atomic E-state index is -0.418. The average Bonchev–Trinajstić information content (AvgIpc) is 2.08. The zero-order valence-corrected chi connectivity index (χ0v) is 9.25. The highest BCUT2D eigenvalue weighted by Crippen LogP contribution is 2.05. The number of ether oxygens (including phenoxy) is 2. The van der Waals surface area contributed by atoms with Crippen molar-refractivity contribution in [1.82, 2.24) is 0 Å². The summed E-state index contributed by atoms with van der Waals surface area (Å²) in [6, 6.07) is 1.53. The Kier molecular flexibility index (Phi) is 6.46. The molecule has 1 unspecified atom stereocenters. The van der Waals surface area contributed by atoms with Crippen molar-refractivity contribution in [1.29, 1.82) is 5.26 Å². The van der Waals surface area contributed by atoms with Crippen LogP contribution in [0.25, 0.3) is 0 Å². The van der Waals surface area contributed by atoms with Crippen molar-refractivity contribution in [2.24, 2.45) is 5.73 Å². The average molecular weight is 200 g/mol. The Morgan fingerprint density at radius 2 is 1.93 bits per heavy atom. The van der Waals surface area contributed by atoms with E-state index in [-0.39, 0.29) is 5.60 Å². The van der Waals surface area contributed by atoms with Crippen LogP contribution in [0.1, 0.15) is 27.2 Å². The molecule has 0 saturated heterocycles. The summed E-state index contributed by atoms with van der Waals surface area (Å²) in [4.78, 5) is 0. The molecule has 0 rings (SSSR count). The third-order valence-electron chi connectivity index (χ3n) is 1.50. The molecular formula is C10H20N2O2. The Morgan fingerprint density at radius 3 is 2.43 bits per heavy atom. The standard InChI is InChI=1S/C10H20N2O2/c1-10(2,3)14-7-6-13-5-4-9(12)8-11/h9H,4-7,12H2,1-3H3. The minimum Gasteiger partial charge on any atom is -0.379 e. The smallest absolute Gasteiger partial charge is 0.0950 e. The van der Waals surface area contributed by atoms with Gasteiger partial charge in [-0.05, 0) is 27.2 Å². The number of rotatable bonds is 6. The second-order valence-corrected chi connectivity index (χ2v) is 4.10. The normalized spacial score (nSPS) is 13.6. The van der Waals surface area contributed by atoms with Crippen LogP contribution in [0.15, 0.2) is 0 Å². The highest BCUT2D eigenvalue weighted by molar-refractivity contribution is 4.85. The second-order valence-electron chi connectivity index (χ2n) is 4.10. The number of hydrogen-bond acceptors (Lipinski definition) is 4. The van der Waals surface area contributed by atoms with Gasteiger partial charge < -0.3 is 15.2 Å². The molecule has 4 nitrogen and oxygen atoms in total. The lowest BCUT2D eigenvalue weighted by Crippen LogP contribution is -2.23. The summed E-state index contributed by atoms with van der Waals surface area (Å²) in [5.41, 5.74) is 5.27. The van der Waals surface area contributed by atoms with Gasteiger partial charge in [-0.3, -0.25) is 0 Å². The summed E-state index contributed by atoms with van der Waals surface area (Å²) < 4.78 is 10.7. The van der Waals surface area contributed by atoms with Crippen molar-refractivity contribution in [3.05, 3.63) is 0 Å². The summed E-state index contributed by atoms with van der Waals surface area (Å²) in [5.74, 6) is 0. The quantitative estimate of drug-likeness (QED) is 0.651. The highest BCUT2D eigenvalue weighted by Gasteiger charge is 2.08. The monoisotopic (exact) mass is 200 g/mol. The fourth-order valence-corrected chi connectivity index (χ4v) is 0.784. The maximum absolute atomic E-state index is 8.39. The lowest BCUT2D eigenvalue weighted by Gasteiger charge is -2.19. The summed E-state index contributed by atoms with van der Waals surface area (Å²) in [7, 11) is 0. The van der Waals surface area contributed by atoms with Gasteiger partial charge in [0.1, 0.15) is 0 Å². The Hall–Kier alpha value is -0.630. The maximum Gasteiger partial charge on any atom is 0.0950 e. The van der Waals surface area contributed by atoms with Gasteiger partial charge in [-0.2, -0.15) is 5.26 Å². The van der Waals surface area contributed by atoms with Crippen molar-refractivity contribution in [3.8, 4) is 6.07 Å². The van der Waals surface area contributed by atoms with E-state index in [0.717, 1.165) is 0 Å². The molecule has 82 valence electrons. The van der Waals surface area contributed by atoms with Crippen LogP contribution in [-0.4, -0.2) is 31.5 Å². The fourth-order valence-electron chi connectivity index (χ4n) is 0.784. The van der Waals surface area contributed by atoms with Crippen molar-refractivity contribution >= 4 is 0 Å². The van der Waals surface area contributed by atoms with Crippen LogP contribution in [0, 0.1) is 11.3 Å². The highest BCUT2D eigenvalue weighted by atomic mass is 16.5. The first kappa shape index (κ1) is 13.4. The van der Waals surface area contributed by atoms with E-state index in [1.54, 1.807) is 0 Å². The van der Waals surface area contributed by atoms with Crippen molar-refractivity contribution < 1.29 is 9.47 Å². The van der Waals surface area contributed by atoms with Gasteiger partial charge in [-0.25, -0.2) is 0 Å². The summed E-state index contributed by atoms with van der Waals surface area (Å²) in [5, 5.41) is 8.39. The van der Waals surface area contributed by atoms with Crippen LogP contribution >= 0.6 is 0 Å². The van der Waals surface area contributed by atoms with Gasteiger partial charge in [0, 0.05) is 6.61 Å².